The Bertz CT molecular complexity index is 2340. The van der Waals surface area contributed by atoms with E-state index in [2.05, 4.69) is 88.7 Å². The highest BCUT2D eigenvalue weighted by molar-refractivity contribution is 6.15. The molecule has 0 radical (unpaired) electrons. The van der Waals surface area contributed by atoms with Crippen LogP contribution in [0.15, 0.2) is 136 Å². The maximum Gasteiger partial charge on any atom is 0.227 e. The van der Waals surface area contributed by atoms with Gasteiger partial charge in [0.25, 0.3) is 0 Å². The van der Waals surface area contributed by atoms with Crippen LogP contribution in [-0.4, -0.2) is 9.97 Å². The molecule has 192 valence electrons. The highest BCUT2D eigenvalue weighted by atomic mass is 16.3. The molecular formula is C36H21N3O2. The smallest absolute Gasteiger partial charge is 0.227 e. The lowest BCUT2D eigenvalue weighted by Crippen LogP contribution is -2.12. The minimum Gasteiger partial charge on any atom is -0.454 e. The van der Waals surface area contributed by atoms with Crippen LogP contribution in [0, 0.1) is 0 Å². The number of rotatable bonds is 3. The minimum absolute atomic E-state index is 0.631. The zero-order valence-electron chi connectivity index (χ0n) is 21.8. The molecule has 5 nitrogen and oxygen atoms in total. The Labute approximate surface area is 233 Å². The van der Waals surface area contributed by atoms with Gasteiger partial charge in [0.15, 0.2) is 5.58 Å². The van der Waals surface area contributed by atoms with E-state index in [1.54, 1.807) is 6.20 Å². The summed E-state index contributed by atoms with van der Waals surface area (Å²) in [5.74, 6) is 0.801. The number of anilines is 3. The van der Waals surface area contributed by atoms with Gasteiger partial charge in [-0.25, -0.2) is 9.97 Å². The SMILES string of the molecule is c1ccc2c(c1)cc(N(c1ccc3oc4ncccc4c3c1)c1ccc3oc4ccccc4c3n1)c1ccccc12. The lowest BCUT2D eigenvalue weighted by atomic mass is 9.99. The van der Waals surface area contributed by atoms with E-state index in [4.69, 9.17) is 13.8 Å². The highest BCUT2D eigenvalue weighted by Gasteiger charge is 2.21. The molecule has 5 heteroatoms. The second-order valence-electron chi connectivity index (χ2n) is 10.3. The largest absolute Gasteiger partial charge is 0.454 e. The Morgan fingerprint density at radius 1 is 0.512 bits per heavy atom. The molecule has 0 aliphatic rings. The van der Waals surface area contributed by atoms with E-state index >= 15 is 0 Å². The van der Waals surface area contributed by atoms with Crippen molar-refractivity contribution in [3.05, 3.63) is 128 Å². The Morgan fingerprint density at radius 2 is 1.24 bits per heavy atom. The number of aromatic nitrogens is 2. The quantitative estimate of drug-likeness (QED) is 0.214. The van der Waals surface area contributed by atoms with E-state index in [0.717, 1.165) is 61.0 Å². The second-order valence-corrected chi connectivity index (χ2v) is 10.3. The summed E-state index contributed by atoms with van der Waals surface area (Å²) in [5, 5.41) is 7.71. The third-order valence-electron chi connectivity index (χ3n) is 7.91. The molecule has 0 saturated carbocycles. The molecule has 0 saturated heterocycles. The lowest BCUT2D eigenvalue weighted by molar-refractivity contribution is 0.654. The number of hydrogen-bond donors (Lipinski definition) is 0. The lowest BCUT2D eigenvalue weighted by Gasteiger charge is -2.26. The number of fused-ring (bicyclic) bond motifs is 9. The molecule has 4 heterocycles. The van der Waals surface area contributed by atoms with Gasteiger partial charge in [-0.15, -0.1) is 0 Å². The molecule has 0 spiro atoms. The van der Waals surface area contributed by atoms with Gasteiger partial charge in [0.2, 0.25) is 5.71 Å². The fraction of sp³-hybridized carbons (Fsp3) is 0. The molecule has 0 unspecified atom stereocenters. The summed E-state index contributed by atoms with van der Waals surface area (Å²) >= 11 is 0. The fourth-order valence-corrected chi connectivity index (χ4v) is 6.06. The zero-order valence-corrected chi connectivity index (χ0v) is 21.8. The van der Waals surface area contributed by atoms with Crippen LogP contribution in [-0.2, 0) is 0 Å². The molecule has 0 amide bonds. The third kappa shape index (κ3) is 3.29. The average Bonchev–Trinajstić information content (AvgIpc) is 3.59. The zero-order chi connectivity index (χ0) is 26.9. The van der Waals surface area contributed by atoms with Gasteiger partial charge in [-0.1, -0.05) is 60.7 Å². The Kier molecular flexibility index (Phi) is 4.55. The molecule has 0 atom stereocenters. The normalized spacial score (nSPS) is 11.9. The summed E-state index contributed by atoms with van der Waals surface area (Å²) in [4.78, 5) is 11.9. The molecule has 0 aliphatic carbocycles. The first-order valence-electron chi connectivity index (χ1n) is 13.6. The number of furan rings is 2. The maximum atomic E-state index is 6.12. The van der Waals surface area contributed by atoms with Gasteiger partial charge in [0.1, 0.15) is 22.5 Å². The van der Waals surface area contributed by atoms with Crippen molar-refractivity contribution in [2.45, 2.75) is 0 Å². The molecule has 0 aliphatic heterocycles. The van der Waals surface area contributed by atoms with E-state index in [1.807, 2.05) is 42.5 Å². The first-order valence-corrected chi connectivity index (χ1v) is 13.6. The molecule has 41 heavy (non-hydrogen) atoms. The summed E-state index contributed by atoms with van der Waals surface area (Å²) in [5.41, 5.74) is 5.89. The van der Waals surface area contributed by atoms with Crippen LogP contribution >= 0.6 is 0 Å². The monoisotopic (exact) mass is 527 g/mol. The predicted octanol–water partition coefficient (Wildman–Crippen LogP) is 10.1. The molecule has 0 fully saturated rings. The number of para-hydroxylation sites is 1. The van der Waals surface area contributed by atoms with Gasteiger partial charge in [-0.3, -0.25) is 4.90 Å². The molecule has 9 rings (SSSR count). The third-order valence-corrected chi connectivity index (χ3v) is 7.91. The highest BCUT2D eigenvalue weighted by Crippen LogP contribution is 2.43. The number of pyridine rings is 2. The van der Waals surface area contributed by atoms with Gasteiger partial charge in [-0.2, -0.15) is 0 Å². The van der Waals surface area contributed by atoms with Crippen LogP contribution in [0.5, 0.6) is 0 Å². The summed E-state index contributed by atoms with van der Waals surface area (Å²) < 4.78 is 12.2. The van der Waals surface area contributed by atoms with Gasteiger partial charge in [0.05, 0.1) is 5.69 Å². The van der Waals surface area contributed by atoms with Crippen LogP contribution in [0.3, 0.4) is 0 Å². The number of hydrogen-bond acceptors (Lipinski definition) is 5. The molecule has 5 aromatic carbocycles. The number of benzene rings is 5. The molecule has 9 aromatic rings. The maximum absolute atomic E-state index is 6.12. The first-order chi connectivity index (χ1) is 20.3. The Hall–Kier alpha value is -5.68. The van der Waals surface area contributed by atoms with Crippen molar-refractivity contribution in [3.63, 3.8) is 0 Å². The summed E-state index contributed by atoms with van der Waals surface area (Å²) in [6.07, 6.45) is 1.76. The predicted molar refractivity (Wildman–Crippen MR) is 166 cm³/mol. The van der Waals surface area contributed by atoms with Crippen molar-refractivity contribution in [2.75, 3.05) is 4.90 Å². The van der Waals surface area contributed by atoms with Crippen LogP contribution in [0.2, 0.25) is 0 Å². The Balaban J connectivity index is 1.38. The van der Waals surface area contributed by atoms with Crippen molar-refractivity contribution in [1.29, 1.82) is 0 Å². The minimum atomic E-state index is 0.631. The summed E-state index contributed by atoms with van der Waals surface area (Å²) in [7, 11) is 0. The fourth-order valence-electron chi connectivity index (χ4n) is 6.06. The molecular weight excluding hydrogens is 506 g/mol. The van der Waals surface area contributed by atoms with Gasteiger partial charge in [-0.05, 0) is 76.8 Å². The second kappa shape index (κ2) is 8.41. The van der Waals surface area contributed by atoms with Crippen LogP contribution in [0.4, 0.5) is 17.2 Å². The van der Waals surface area contributed by atoms with Crippen LogP contribution in [0.1, 0.15) is 0 Å². The van der Waals surface area contributed by atoms with Crippen LogP contribution in [0.25, 0.3) is 65.7 Å². The van der Waals surface area contributed by atoms with Crippen molar-refractivity contribution in [1.82, 2.24) is 9.97 Å². The molecule has 0 N–H and O–H groups in total. The van der Waals surface area contributed by atoms with Crippen LogP contribution < -0.4 is 4.90 Å². The van der Waals surface area contributed by atoms with E-state index in [1.165, 1.54) is 16.2 Å². The van der Waals surface area contributed by atoms with Gasteiger partial charge in [0, 0.05) is 33.4 Å². The van der Waals surface area contributed by atoms with Gasteiger partial charge < -0.3 is 8.83 Å². The average molecular weight is 528 g/mol. The van der Waals surface area contributed by atoms with Crippen molar-refractivity contribution in [3.8, 4) is 0 Å². The Morgan fingerprint density at radius 3 is 2.17 bits per heavy atom. The topological polar surface area (TPSA) is 55.3 Å². The van der Waals surface area contributed by atoms with E-state index in [0.29, 0.717) is 5.71 Å². The van der Waals surface area contributed by atoms with E-state index < -0.39 is 0 Å². The summed E-state index contributed by atoms with van der Waals surface area (Å²) in [6, 6.07) is 41.7. The first kappa shape index (κ1) is 22.2. The van der Waals surface area contributed by atoms with Crippen molar-refractivity contribution >= 4 is 82.9 Å². The van der Waals surface area contributed by atoms with Crippen molar-refractivity contribution in [2.24, 2.45) is 0 Å². The van der Waals surface area contributed by atoms with Crippen molar-refractivity contribution < 1.29 is 8.83 Å². The van der Waals surface area contributed by atoms with E-state index in [9.17, 15) is 0 Å². The van der Waals surface area contributed by atoms with Gasteiger partial charge >= 0.3 is 0 Å². The standard InChI is InChI=1S/C36H21N3O2/c1-2-9-24-22(8-1)20-30(26-11-4-3-10-25(24)26)39(23-15-16-32-29(21-23)27-13-7-19-37-36(27)41-32)34-18-17-33-35(38-34)28-12-5-6-14-31(28)40-33/h1-21H. The summed E-state index contributed by atoms with van der Waals surface area (Å²) in [6.45, 7) is 0. The molecule has 0 bridgehead atoms. The molecule has 4 aromatic heterocycles. The van der Waals surface area contributed by atoms with E-state index in [-0.39, 0.29) is 0 Å². The number of nitrogens with zero attached hydrogens (tertiary/aromatic N) is 3.